The highest BCUT2D eigenvalue weighted by Crippen LogP contribution is 2.32. The van der Waals surface area contributed by atoms with E-state index in [1.54, 1.807) is 31.2 Å². The van der Waals surface area contributed by atoms with Crippen LogP contribution in [-0.2, 0) is 26.2 Å². The molecule has 0 aromatic heterocycles. The summed E-state index contributed by atoms with van der Waals surface area (Å²) in [5.41, 5.74) is 2.07. The number of amides is 2. The molecule has 0 radical (unpaired) electrons. The second-order valence-electron chi connectivity index (χ2n) is 8.97. The predicted molar refractivity (Wildman–Crippen MR) is 153 cm³/mol. The van der Waals surface area contributed by atoms with Crippen molar-refractivity contribution < 1.29 is 22.7 Å². The Hall–Kier alpha value is -3.56. The zero-order valence-electron chi connectivity index (χ0n) is 22.6. The van der Waals surface area contributed by atoms with Crippen molar-refractivity contribution in [2.75, 3.05) is 24.5 Å². The monoisotopic (exact) mass is 571 g/mol. The highest BCUT2D eigenvalue weighted by atomic mass is 35.5. The summed E-state index contributed by atoms with van der Waals surface area (Å²) >= 11 is 6.34. The van der Waals surface area contributed by atoms with Gasteiger partial charge < -0.3 is 15.0 Å². The number of hydrogen-bond acceptors (Lipinski definition) is 5. The van der Waals surface area contributed by atoms with Crippen molar-refractivity contribution in [2.45, 2.75) is 44.7 Å². The lowest BCUT2D eigenvalue weighted by atomic mass is 10.1. The van der Waals surface area contributed by atoms with Crippen LogP contribution < -0.4 is 14.4 Å². The molecule has 3 aromatic carbocycles. The van der Waals surface area contributed by atoms with Crippen LogP contribution >= 0.6 is 11.6 Å². The topological polar surface area (TPSA) is 96.0 Å². The van der Waals surface area contributed by atoms with Gasteiger partial charge in [-0.3, -0.25) is 13.9 Å². The van der Waals surface area contributed by atoms with E-state index in [-0.39, 0.29) is 28.1 Å². The number of methoxy groups -OCH3 is 1. The highest BCUT2D eigenvalue weighted by molar-refractivity contribution is 7.92. The van der Waals surface area contributed by atoms with Crippen LogP contribution in [0, 0.1) is 6.92 Å². The molecule has 0 bridgehead atoms. The third-order valence-electron chi connectivity index (χ3n) is 6.24. The second kappa shape index (κ2) is 13.5. The zero-order chi connectivity index (χ0) is 28.6. The number of ether oxygens (including phenoxy) is 1. The second-order valence-corrected chi connectivity index (χ2v) is 11.2. The predicted octanol–water partition coefficient (Wildman–Crippen LogP) is 4.80. The molecule has 10 heteroatoms. The smallest absolute Gasteiger partial charge is 0.264 e. The summed E-state index contributed by atoms with van der Waals surface area (Å²) in [7, 11) is -2.72. The maximum atomic E-state index is 14.0. The van der Waals surface area contributed by atoms with Crippen LogP contribution in [0.4, 0.5) is 5.69 Å². The first-order valence-corrected chi connectivity index (χ1v) is 14.5. The van der Waals surface area contributed by atoms with E-state index >= 15 is 0 Å². The number of sulfonamides is 1. The number of rotatable bonds is 12. The summed E-state index contributed by atoms with van der Waals surface area (Å²) in [4.78, 5) is 28.4. The molecule has 8 nitrogen and oxygen atoms in total. The first-order valence-electron chi connectivity index (χ1n) is 12.7. The summed E-state index contributed by atoms with van der Waals surface area (Å²) < 4.78 is 33.9. The molecule has 0 aliphatic heterocycles. The Kier molecular flexibility index (Phi) is 10.4. The van der Waals surface area contributed by atoms with Crippen molar-refractivity contribution >= 4 is 39.1 Å². The van der Waals surface area contributed by atoms with E-state index in [0.29, 0.717) is 18.7 Å². The van der Waals surface area contributed by atoms with Crippen molar-refractivity contribution in [3.63, 3.8) is 0 Å². The standard InChI is InChI=1S/C29H34ClN3O5S/c1-5-26(29(35)31-6-2)32(19-22-14-12-21(3)13-15-22)28(34)20-33(23-16-17-27(38-4)25(30)18-23)39(36,37)24-10-8-7-9-11-24/h7-18,26H,5-6,19-20H2,1-4H3,(H,31,35)/t26-/m0/s1. The van der Waals surface area contributed by atoms with Gasteiger partial charge in [-0.25, -0.2) is 8.42 Å². The van der Waals surface area contributed by atoms with Gasteiger partial charge in [0.1, 0.15) is 18.3 Å². The molecular formula is C29H34ClN3O5S. The molecule has 208 valence electrons. The lowest BCUT2D eigenvalue weighted by molar-refractivity contribution is -0.140. The summed E-state index contributed by atoms with van der Waals surface area (Å²) in [6.07, 6.45) is 0.350. The van der Waals surface area contributed by atoms with Gasteiger partial charge in [-0.2, -0.15) is 0 Å². The van der Waals surface area contributed by atoms with E-state index in [0.717, 1.165) is 15.4 Å². The third kappa shape index (κ3) is 7.30. The van der Waals surface area contributed by atoms with E-state index in [2.05, 4.69) is 5.32 Å². The van der Waals surface area contributed by atoms with Crippen LogP contribution in [0.15, 0.2) is 77.7 Å². The fourth-order valence-corrected chi connectivity index (χ4v) is 5.84. The van der Waals surface area contributed by atoms with Crippen molar-refractivity contribution in [1.29, 1.82) is 0 Å². The fourth-order valence-electron chi connectivity index (χ4n) is 4.16. The van der Waals surface area contributed by atoms with Crippen LogP contribution in [0.5, 0.6) is 5.75 Å². The molecule has 3 aromatic rings. The lowest BCUT2D eigenvalue weighted by Gasteiger charge is -2.33. The van der Waals surface area contributed by atoms with Gasteiger partial charge in [0.25, 0.3) is 10.0 Å². The maximum absolute atomic E-state index is 14.0. The quantitative estimate of drug-likeness (QED) is 0.337. The zero-order valence-corrected chi connectivity index (χ0v) is 24.1. The minimum Gasteiger partial charge on any atom is -0.495 e. The number of likely N-dealkylation sites (N-methyl/N-ethyl adjacent to an activating group) is 1. The molecule has 0 fully saturated rings. The molecule has 0 aliphatic rings. The summed E-state index contributed by atoms with van der Waals surface area (Å²) in [6, 6.07) is 19.2. The molecule has 0 heterocycles. The molecule has 0 unspecified atom stereocenters. The Morgan fingerprint density at radius 3 is 2.23 bits per heavy atom. The normalized spacial score (nSPS) is 11.9. The van der Waals surface area contributed by atoms with Gasteiger partial charge >= 0.3 is 0 Å². The summed E-state index contributed by atoms with van der Waals surface area (Å²) in [5.74, 6) is -0.461. The average molecular weight is 572 g/mol. The molecule has 2 amide bonds. The lowest BCUT2D eigenvalue weighted by Crippen LogP contribution is -2.52. The van der Waals surface area contributed by atoms with Crippen molar-refractivity contribution in [1.82, 2.24) is 10.2 Å². The number of benzene rings is 3. The van der Waals surface area contributed by atoms with E-state index in [9.17, 15) is 18.0 Å². The van der Waals surface area contributed by atoms with Crippen LogP contribution in [-0.4, -0.2) is 51.4 Å². The minimum atomic E-state index is -4.17. The molecular weight excluding hydrogens is 538 g/mol. The third-order valence-corrected chi connectivity index (χ3v) is 8.33. The number of anilines is 1. The van der Waals surface area contributed by atoms with Crippen molar-refractivity contribution in [3.8, 4) is 5.75 Å². The summed E-state index contributed by atoms with van der Waals surface area (Å²) in [5, 5.41) is 2.99. The largest absolute Gasteiger partial charge is 0.495 e. The fraction of sp³-hybridized carbons (Fsp3) is 0.310. The van der Waals surface area contributed by atoms with Gasteiger partial charge in [-0.1, -0.05) is 66.6 Å². The maximum Gasteiger partial charge on any atom is 0.264 e. The number of carbonyl (C=O) groups is 2. The minimum absolute atomic E-state index is 0.0191. The SMILES string of the molecule is CCNC(=O)[C@H](CC)N(Cc1ccc(C)cc1)C(=O)CN(c1ccc(OC)c(Cl)c1)S(=O)(=O)c1ccccc1. The number of aryl methyl sites for hydroxylation is 1. The van der Waals surface area contributed by atoms with E-state index in [1.165, 1.54) is 36.3 Å². The van der Waals surface area contributed by atoms with Crippen LogP contribution in [0.25, 0.3) is 0 Å². The molecule has 1 atom stereocenters. The average Bonchev–Trinajstić information content (AvgIpc) is 2.93. The molecule has 39 heavy (non-hydrogen) atoms. The number of nitrogens with zero attached hydrogens (tertiary/aromatic N) is 2. The first-order chi connectivity index (χ1) is 18.6. The van der Waals surface area contributed by atoms with Crippen LogP contribution in [0.1, 0.15) is 31.4 Å². The molecule has 3 rings (SSSR count). The Morgan fingerprint density at radius 2 is 1.67 bits per heavy atom. The first kappa shape index (κ1) is 30.0. The van der Waals surface area contributed by atoms with Gasteiger partial charge in [0.05, 0.1) is 22.7 Å². The Morgan fingerprint density at radius 1 is 1.00 bits per heavy atom. The molecule has 0 aliphatic carbocycles. The number of halogens is 1. The number of hydrogen-bond donors (Lipinski definition) is 1. The highest BCUT2D eigenvalue weighted by Gasteiger charge is 2.33. The molecule has 0 spiro atoms. The Labute approximate surface area is 235 Å². The van der Waals surface area contributed by atoms with Gasteiger partial charge in [-0.15, -0.1) is 0 Å². The van der Waals surface area contributed by atoms with Crippen molar-refractivity contribution in [2.24, 2.45) is 0 Å². The van der Waals surface area contributed by atoms with Crippen molar-refractivity contribution in [3.05, 3.63) is 88.9 Å². The van der Waals surface area contributed by atoms with Gasteiger partial charge in [0.15, 0.2) is 0 Å². The van der Waals surface area contributed by atoms with Gasteiger partial charge in [-0.05, 0) is 56.2 Å². The number of nitrogens with one attached hydrogen (secondary N) is 1. The van der Waals surface area contributed by atoms with E-state index in [1.807, 2.05) is 38.1 Å². The van der Waals surface area contributed by atoms with Gasteiger partial charge in [0, 0.05) is 13.1 Å². The molecule has 0 saturated heterocycles. The summed E-state index contributed by atoms with van der Waals surface area (Å²) in [6.45, 7) is 5.58. The Bertz CT molecular complexity index is 1380. The molecule has 0 saturated carbocycles. The van der Waals surface area contributed by atoms with Crippen LogP contribution in [0.2, 0.25) is 5.02 Å². The number of carbonyl (C=O) groups excluding carboxylic acids is 2. The van der Waals surface area contributed by atoms with Gasteiger partial charge in [0.2, 0.25) is 11.8 Å². The molecule has 1 N–H and O–H groups in total. The Balaban J connectivity index is 2.07. The van der Waals surface area contributed by atoms with Crippen LogP contribution in [0.3, 0.4) is 0 Å². The van der Waals surface area contributed by atoms with E-state index < -0.39 is 28.5 Å². The van der Waals surface area contributed by atoms with E-state index in [4.69, 9.17) is 16.3 Å².